The quantitative estimate of drug-likeness (QED) is 0.559. The highest BCUT2D eigenvalue weighted by molar-refractivity contribution is 6.07. The lowest BCUT2D eigenvalue weighted by molar-refractivity contribution is -0.124. The highest BCUT2D eigenvalue weighted by Gasteiger charge is 2.47. The molecule has 0 radical (unpaired) electrons. The normalized spacial score (nSPS) is 23.6. The van der Waals surface area contributed by atoms with E-state index in [0.29, 0.717) is 36.1 Å². The van der Waals surface area contributed by atoms with Crippen LogP contribution < -0.4 is 21.3 Å². The Kier molecular flexibility index (Phi) is 4.28. The van der Waals surface area contributed by atoms with Crippen molar-refractivity contribution in [3.8, 4) is 0 Å². The molecule has 2 aliphatic heterocycles. The van der Waals surface area contributed by atoms with Gasteiger partial charge in [-0.2, -0.15) is 0 Å². The van der Waals surface area contributed by atoms with E-state index in [0.717, 1.165) is 11.1 Å². The van der Waals surface area contributed by atoms with Crippen LogP contribution in [0, 0.1) is 5.82 Å². The van der Waals surface area contributed by atoms with Crippen molar-refractivity contribution < 1.29 is 23.6 Å². The van der Waals surface area contributed by atoms with Crippen LogP contribution in [0.5, 0.6) is 0 Å². The standard InChI is InChI=1S/C22H19FN4O4/c23-14-3-4-17-15(8-14)16(19(29)25-17)10-24-18(28)12-1-2-13-9-22(6-5-11(13)7-12)20(30)26-21(31)27-22/h1-4,7-8,16H,5-6,9-10H2,(H,24,28)(H,25,29)(H2,26,27,30,31). The van der Waals surface area contributed by atoms with Crippen molar-refractivity contribution in [2.45, 2.75) is 30.7 Å². The summed E-state index contributed by atoms with van der Waals surface area (Å²) in [6.07, 6.45) is 1.36. The van der Waals surface area contributed by atoms with Crippen molar-refractivity contribution in [1.29, 1.82) is 0 Å². The second kappa shape index (κ2) is 6.90. The number of benzene rings is 2. The first-order valence-corrected chi connectivity index (χ1v) is 9.98. The van der Waals surface area contributed by atoms with Gasteiger partial charge in [0.05, 0.1) is 5.92 Å². The smallest absolute Gasteiger partial charge is 0.322 e. The Hall–Kier alpha value is -3.75. The summed E-state index contributed by atoms with van der Waals surface area (Å²) in [6.45, 7) is 0.0491. The van der Waals surface area contributed by atoms with E-state index < -0.39 is 23.3 Å². The number of hydrogen-bond acceptors (Lipinski definition) is 4. The van der Waals surface area contributed by atoms with Crippen LogP contribution in [0.15, 0.2) is 36.4 Å². The molecule has 0 aromatic heterocycles. The SMILES string of the molecule is O=C1NC(=O)C2(CCc3cc(C(=O)NCC4C(=O)Nc5ccc(F)cc54)ccc3C2)N1. The first-order valence-electron chi connectivity index (χ1n) is 9.98. The predicted molar refractivity (Wildman–Crippen MR) is 108 cm³/mol. The van der Waals surface area contributed by atoms with Gasteiger partial charge in [0.15, 0.2) is 0 Å². The Labute approximate surface area is 176 Å². The summed E-state index contributed by atoms with van der Waals surface area (Å²) in [6, 6.07) is 8.82. The van der Waals surface area contributed by atoms with Gasteiger partial charge in [-0.05, 0) is 59.9 Å². The first kappa shape index (κ1) is 19.2. The number of carbonyl (C=O) groups excluding carboxylic acids is 4. The predicted octanol–water partition coefficient (Wildman–Crippen LogP) is 1.36. The van der Waals surface area contributed by atoms with Crippen molar-refractivity contribution in [2.24, 2.45) is 0 Å². The lowest BCUT2D eigenvalue weighted by atomic mass is 9.77. The molecule has 4 N–H and O–H groups in total. The molecule has 158 valence electrons. The van der Waals surface area contributed by atoms with Gasteiger partial charge in [-0.15, -0.1) is 0 Å². The molecule has 31 heavy (non-hydrogen) atoms. The van der Waals surface area contributed by atoms with Gasteiger partial charge >= 0.3 is 6.03 Å². The second-order valence-corrected chi connectivity index (χ2v) is 8.13. The van der Waals surface area contributed by atoms with Gasteiger partial charge in [-0.1, -0.05) is 6.07 Å². The minimum atomic E-state index is -0.924. The molecule has 5 rings (SSSR count). The fraction of sp³-hybridized carbons (Fsp3) is 0.273. The van der Waals surface area contributed by atoms with Crippen LogP contribution >= 0.6 is 0 Å². The van der Waals surface area contributed by atoms with Gasteiger partial charge < -0.3 is 16.0 Å². The third kappa shape index (κ3) is 3.22. The average Bonchev–Trinajstić information content (AvgIpc) is 3.19. The molecular weight excluding hydrogens is 403 g/mol. The van der Waals surface area contributed by atoms with Gasteiger partial charge in [0.25, 0.3) is 11.8 Å². The van der Waals surface area contributed by atoms with Gasteiger partial charge in [0.2, 0.25) is 5.91 Å². The van der Waals surface area contributed by atoms with E-state index in [4.69, 9.17) is 0 Å². The first-order chi connectivity index (χ1) is 14.8. The summed E-state index contributed by atoms with van der Waals surface area (Å²) in [5.74, 6) is -2.04. The maximum Gasteiger partial charge on any atom is 0.322 e. The topological polar surface area (TPSA) is 116 Å². The molecule has 2 aromatic rings. The van der Waals surface area contributed by atoms with E-state index in [1.807, 2.05) is 0 Å². The lowest BCUT2D eigenvalue weighted by Crippen LogP contribution is -2.51. The fourth-order valence-electron chi connectivity index (χ4n) is 4.56. The molecule has 1 aliphatic carbocycles. The largest absolute Gasteiger partial charge is 0.351 e. The number of rotatable bonds is 3. The van der Waals surface area contributed by atoms with Crippen molar-refractivity contribution >= 4 is 29.4 Å². The second-order valence-electron chi connectivity index (χ2n) is 8.13. The number of halogens is 1. The third-order valence-electron chi connectivity index (χ3n) is 6.23. The number of urea groups is 1. The number of hydrogen-bond donors (Lipinski definition) is 4. The zero-order chi connectivity index (χ0) is 21.8. The summed E-state index contributed by atoms with van der Waals surface area (Å²) in [5.41, 5.74) is 2.44. The van der Waals surface area contributed by atoms with Crippen molar-refractivity contribution in [2.75, 3.05) is 11.9 Å². The summed E-state index contributed by atoms with van der Waals surface area (Å²) < 4.78 is 13.6. The molecular formula is C22H19FN4O4. The number of amides is 5. The van der Waals surface area contributed by atoms with Gasteiger partial charge in [0, 0.05) is 24.2 Å². The van der Waals surface area contributed by atoms with Crippen LogP contribution in [0.1, 0.15) is 39.4 Å². The Morgan fingerprint density at radius 2 is 1.94 bits per heavy atom. The van der Waals surface area contributed by atoms with Crippen molar-refractivity contribution in [1.82, 2.24) is 16.0 Å². The number of carbonyl (C=O) groups is 4. The minimum Gasteiger partial charge on any atom is -0.351 e. The Morgan fingerprint density at radius 1 is 1.10 bits per heavy atom. The molecule has 1 saturated heterocycles. The zero-order valence-electron chi connectivity index (χ0n) is 16.4. The molecule has 9 heteroatoms. The summed E-state index contributed by atoms with van der Waals surface area (Å²) in [4.78, 5) is 48.6. The molecule has 8 nitrogen and oxygen atoms in total. The van der Waals surface area contributed by atoms with Crippen molar-refractivity contribution in [3.63, 3.8) is 0 Å². The Morgan fingerprint density at radius 3 is 2.71 bits per heavy atom. The molecule has 1 fully saturated rings. The summed E-state index contributed by atoms with van der Waals surface area (Å²) in [7, 11) is 0. The maximum absolute atomic E-state index is 13.6. The minimum absolute atomic E-state index is 0.0491. The third-order valence-corrected chi connectivity index (χ3v) is 6.23. The molecule has 3 aliphatic rings. The van der Waals surface area contributed by atoms with Gasteiger partial charge in [-0.25, -0.2) is 9.18 Å². The monoisotopic (exact) mass is 422 g/mol. The Bertz CT molecular complexity index is 1160. The van der Waals surface area contributed by atoms with E-state index in [9.17, 15) is 23.6 Å². The number of aryl methyl sites for hydroxylation is 1. The maximum atomic E-state index is 13.6. The molecule has 0 bridgehead atoms. The molecule has 2 aromatic carbocycles. The number of fused-ring (bicyclic) bond motifs is 2. The van der Waals surface area contributed by atoms with Crippen molar-refractivity contribution in [3.05, 3.63) is 64.5 Å². The van der Waals surface area contributed by atoms with E-state index in [1.165, 1.54) is 18.2 Å². The number of nitrogens with one attached hydrogen (secondary N) is 4. The number of imide groups is 1. The van der Waals surface area contributed by atoms with E-state index >= 15 is 0 Å². The summed E-state index contributed by atoms with van der Waals surface area (Å²) >= 11 is 0. The van der Waals surface area contributed by atoms with Crippen LogP contribution in [-0.2, 0) is 22.4 Å². The number of anilines is 1. The van der Waals surface area contributed by atoms with Crippen LogP contribution in [0.25, 0.3) is 0 Å². The molecule has 2 atom stereocenters. The lowest BCUT2D eigenvalue weighted by Gasteiger charge is -2.32. The van der Waals surface area contributed by atoms with Crippen LogP contribution in [0.2, 0.25) is 0 Å². The van der Waals surface area contributed by atoms with Gasteiger partial charge in [0.1, 0.15) is 11.4 Å². The van der Waals surface area contributed by atoms with Crippen LogP contribution in [0.4, 0.5) is 14.9 Å². The highest BCUT2D eigenvalue weighted by atomic mass is 19.1. The van der Waals surface area contributed by atoms with E-state index in [1.54, 1.807) is 18.2 Å². The Balaban J connectivity index is 1.29. The van der Waals surface area contributed by atoms with Crippen LogP contribution in [0.3, 0.4) is 0 Å². The molecule has 2 unspecified atom stereocenters. The summed E-state index contributed by atoms with van der Waals surface area (Å²) in [5, 5.41) is 10.5. The zero-order valence-corrected chi connectivity index (χ0v) is 16.4. The van der Waals surface area contributed by atoms with Gasteiger partial charge in [-0.3, -0.25) is 19.7 Å². The fourth-order valence-corrected chi connectivity index (χ4v) is 4.56. The molecule has 5 amide bonds. The molecule has 1 spiro atoms. The average molecular weight is 422 g/mol. The van der Waals surface area contributed by atoms with Crippen LogP contribution in [-0.4, -0.2) is 35.8 Å². The molecule has 0 saturated carbocycles. The molecule has 2 heterocycles. The highest BCUT2D eigenvalue weighted by Crippen LogP contribution is 2.33. The van der Waals surface area contributed by atoms with E-state index in [-0.39, 0.29) is 24.3 Å². The van der Waals surface area contributed by atoms with E-state index in [2.05, 4.69) is 21.3 Å².